The molecule has 0 aromatic heterocycles. The van der Waals surface area contributed by atoms with Crippen LogP contribution in [0.1, 0.15) is 13.3 Å². The number of hydrogen-bond acceptors (Lipinski definition) is 1. The molecule has 1 unspecified atom stereocenters. The third kappa shape index (κ3) is 2.39. The quantitative estimate of drug-likeness (QED) is 0.667. The molecule has 0 spiro atoms. The maximum Gasteiger partial charge on any atom is 0.119 e. The Kier molecular flexibility index (Phi) is 2.94. The Balaban J connectivity index is 2.97. The van der Waals surface area contributed by atoms with Gasteiger partial charge in [-0.1, -0.05) is 0 Å². The summed E-state index contributed by atoms with van der Waals surface area (Å²) in [5.41, 5.74) is 0.732. The van der Waals surface area contributed by atoms with Gasteiger partial charge in [0.2, 0.25) is 0 Å². The molecule has 0 saturated heterocycles. The molecule has 12 heavy (non-hydrogen) atoms. The van der Waals surface area contributed by atoms with Gasteiger partial charge in [-0.25, -0.2) is 13.7 Å². The molecule has 1 rings (SSSR count). The fourth-order valence-electron chi connectivity index (χ4n) is 0.969. The second-order valence-corrected chi connectivity index (χ2v) is 3.71. The molecule has 0 bridgehead atoms. The summed E-state index contributed by atoms with van der Waals surface area (Å²) >= 11 is 0. The predicted octanol–water partition coefficient (Wildman–Crippen LogP) is 1.70. The fourth-order valence-corrected chi connectivity index (χ4v) is 1.52. The molecule has 0 heterocycles. The molecular weight excluding hydrogens is 177 g/mol. The van der Waals surface area contributed by atoms with Crippen molar-refractivity contribution in [2.75, 3.05) is 0 Å². The lowest BCUT2D eigenvalue weighted by Crippen LogP contribution is -2.04. The molecule has 0 saturated carbocycles. The number of rotatable bonds is 1. The first-order chi connectivity index (χ1) is 5.59. The number of nitrogens with two attached hydrogens (primary N) is 1. The molecule has 0 fully saturated rings. The normalized spacial score (nSPS) is 20.4. The van der Waals surface area contributed by atoms with Gasteiger partial charge in [-0.2, -0.15) is 0 Å². The van der Waals surface area contributed by atoms with Crippen LogP contribution in [0.5, 0.6) is 0 Å². The summed E-state index contributed by atoms with van der Waals surface area (Å²) < 4.78 is 23.6. The average molecular weight is 187 g/mol. The summed E-state index contributed by atoms with van der Waals surface area (Å²) in [6.07, 6.45) is 4.73. The van der Waals surface area contributed by atoms with Gasteiger partial charge in [-0.05, 0) is 30.7 Å². The summed E-state index contributed by atoms with van der Waals surface area (Å²) in [6, 6.07) is 0. The van der Waals surface area contributed by atoms with E-state index in [1.54, 1.807) is 13.0 Å². The summed E-state index contributed by atoms with van der Waals surface area (Å²) in [4.78, 5) is 0.552. The van der Waals surface area contributed by atoms with E-state index in [0.29, 0.717) is 11.3 Å². The van der Waals surface area contributed by atoms with E-state index in [1.165, 1.54) is 12.2 Å². The zero-order chi connectivity index (χ0) is 9.14. The van der Waals surface area contributed by atoms with Crippen LogP contribution in [-0.2, 0) is 11.0 Å². The lowest BCUT2D eigenvalue weighted by molar-refractivity contribution is 0.662. The molecule has 4 heteroatoms. The van der Waals surface area contributed by atoms with Gasteiger partial charge in [-0.3, -0.25) is 0 Å². The van der Waals surface area contributed by atoms with Gasteiger partial charge >= 0.3 is 0 Å². The predicted molar refractivity (Wildman–Crippen MR) is 48.0 cm³/mol. The van der Waals surface area contributed by atoms with Gasteiger partial charge in [0.15, 0.2) is 0 Å². The second-order valence-electron chi connectivity index (χ2n) is 2.59. The average Bonchev–Trinajstić information content (AvgIpc) is 2.11. The van der Waals surface area contributed by atoms with E-state index < -0.39 is 11.0 Å². The lowest BCUT2D eigenvalue weighted by Gasteiger charge is -1.96. The molecule has 1 aliphatic rings. The zero-order valence-corrected chi connectivity index (χ0v) is 7.53. The minimum atomic E-state index is -1.49. The molecule has 1 atom stereocenters. The minimum Gasteiger partial charge on any atom is -0.248 e. The van der Waals surface area contributed by atoms with E-state index in [1.807, 2.05) is 0 Å². The molecule has 0 amide bonds. The van der Waals surface area contributed by atoms with Crippen LogP contribution in [0.3, 0.4) is 0 Å². The summed E-state index contributed by atoms with van der Waals surface area (Å²) in [6.45, 7) is 1.74. The van der Waals surface area contributed by atoms with Crippen molar-refractivity contribution in [3.63, 3.8) is 0 Å². The van der Waals surface area contributed by atoms with Crippen molar-refractivity contribution in [1.29, 1.82) is 0 Å². The monoisotopic (exact) mass is 187 g/mol. The number of allylic oxidation sites excluding steroid dienone is 6. The van der Waals surface area contributed by atoms with Crippen LogP contribution in [0.25, 0.3) is 0 Å². The van der Waals surface area contributed by atoms with E-state index in [2.05, 4.69) is 0 Å². The van der Waals surface area contributed by atoms with Crippen LogP contribution >= 0.6 is 0 Å². The third-order valence-corrected chi connectivity index (χ3v) is 2.31. The van der Waals surface area contributed by atoms with Crippen LogP contribution in [0, 0.1) is 0 Å². The Labute approximate surface area is 73.2 Å². The van der Waals surface area contributed by atoms with Gasteiger partial charge in [0.05, 0.1) is 0 Å². The van der Waals surface area contributed by atoms with E-state index in [4.69, 9.17) is 5.14 Å². The molecule has 0 radical (unpaired) electrons. The SMILES string of the molecule is CC1=CC(F)=CCC(S(N)=O)=C1. The first-order valence-electron chi connectivity index (χ1n) is 3.50. The van der Waals surface area contributed by atoms with E-state index >= 15 is 0 Å². The highest BCUT2D eigenvalue weighted by molar-refractivity contribution is 7.86. The highest BCUT2D eigenvalue weighted by atomic mass is 32.2. The molecule has 2 nitrogen and oxygen atoms in total. The van der Waals surface area contributed by atoms with E-state index in [0.717, 1.165) is 5.57 Å². The molecule has 0 aromatic rings. The van der Waals surface area contributed by atoms with Crippen LogP contribution in [0.2, 0.25) is 0 Å². The number of hydrogen-bond donors (Lipinski definition) is 1. The highest BCUT2D eigenvalue weighted by Gasteiger charge is 2.05. The largest absolute Gasteiger partial charge is 0.248 e. The summed E-state index contributed by atoms with van der Waals surface area (Å²) in [5.74, 6) is -0.302. The van der Waals surface area contributed by atoms with Gasteiger partial charge in [0.1, 0.15) is 16.8 Å². The van der Waals surface area contributed by atoms with Crippen molar-refractivity contribution in [3.8, 4) is 0 Å². The smallest absolute Gasteiger partial charge is 0.119 e. The fraction of sp³-hybridized carbons (Fsp3) is 0.250. The molecule has 0 aromatic carbocycles. The van der Waals surface area contributed by atoms with Crippen molar-refractivity contribution in [2.24, 2.45) is 5.14 Å². The molecule has 2 N–H and O–H groups in total. The van der Waals surface area contributed by atoms with Gasteiger partial charge < -0.3 is 0 Å². The van der Waals surface area contributed by atoms with Crippen LogP contribution in [-0.4, -0.2) is 4.21 Å². The third-order valence-electron chi connectivity index (χ3n) is 1.51. The number of halogens is 1. The van der Waals surface area contributed by atoms with Crippen molar-refractivity contribution in [2.45, 2.75) is 13.3 Å². The maximum atomic E-state index is 12.7. The van der Waals surface area contributed by atoms with Gasteiger partial charge in [-0.15, -0.1) is 0 Å². The maximum absolute atomic E-state index is 12.7. The Bertz CT molecular complexity index is 304. The highest BCUT2D eigenvalue weighted by Crippen LogP contribution is 2.17. The summed E-state index contributed by atoms with van der Waals surface area (Å²) in [7, 11) is -1.49. The topological polar surface area (TPSA) is 43.1 Å². The Morgan fingerprint density at radius 2 is 2.25 bits per heavy atom. The molecule has 1 aliphatic carbocycles. The molecule has 0 aliphatic heterocycles. The van der Waals surface area contributed by atoms with Gasteiger partial charge in [0, 0.05) is 11.3 Å². The minimum absolute atomic E-state index is 0.302. The Morgan fingerprint density at radius 1 is 1.58 bits per heavy atom. The van der Waals surface area contributed by atoms with Crippen LogP contribution in [0.15, 0.2) is 34.5 Å². The van der Waals surface area contributed by atoms with Crippen molar-refractivity contribution in [1.82, 2.24) is 0 Å². The standard InChI is InChI=1S/C8H10FNOS/c1-6-4-7(9)2-3-8(5-6)12(10)11/h2,4-5H,3,10H2,1H3. The first-order valence-corrected chi connectivity index (χ1v) is 4.71. The summed E-state index contributed by atoms with van der Waals surface area (Å²) in [5, 5.41) is 5.17. The first kappa shape index (κ1) is 9.35. The van der Waals surface area contributed by atoms with Crippen LogP contribution in [0.4, 0.5) is 4.39 Å². The van der Waals surface area contributed by atoms with Crippen molar-refractivity contribution < 1.29 is 8.60 Å². The molecular formula is C8H10FNOS. The zero-order valence-electron chi connectivity index (χ0n) is 6.71. The van der Waals surface area contributed by atoms with Crippen molar-refractivity contribution >= 4 is 11.0 Å². The van der Waals surface area contributed by atoms with E-state index in [9.17, 15) is 8.60 Å². The van der Waals surface area contributed by atoms with Gasteiger partial charge in [0.25, 0.3) is 0 Å². The molecule has 66 valence electrons. The Hall–Kier alpha value is -0.740. The van der Waals surface area contributed by atoms with Crippen molar-refractivity contribution in [3.05, 3.63) is 34.5 Å². The van der Waals surface area contributed by atoms with Crippen LogP contribution < -0.4 is 5.14 Å². The lowest BCUT2D eigenvalue weighted by atomic mass is 10.3. The second kappa shape index (κ2) is 3.78. The Morgan fingerprint density at radius 3 is 2.83 bits per heavy atom. The van der Waals surface area contributed by atoms with E-state index in [-0.39, 0.29) is 5.83 Å².